The predicted octanol–water partition coefficient (Wildman–Crippen LogP) is 2.61. The minimum Gasteiger partial charge on any atom is -0.444 e. The van der Waals surface area contributed by atoms with Crippen molar-refractivity contribution in [3.05, 3.63) is 35.9 Å². The van der Waals surface area contributed by atoms with Gasteiger partial charge in [-0.05, 0) is 76.2 Å². The molecule has 4 N–H and O–H groups in total. The number of rotatable bonds is 13. The monoisotopic (exact) mass is 724 g/mol. The van der Waals surface area contributed by atoms with Crippen LogP contribution in [0.1, 0.15) is 97.6 Å². The van der Waals surface area contributed by atoms with Crippen LogP contribution >= 0.6 is 0 Å². The van der Waals surface area contributed by atoms with Crippen LogP contribution in [-0.4, -0.2) is 102 Å². The normalized spacial score (nSPS) is 21.0. The molecule has 1 unspecified atom stereocenters. The number of likely N-dealkylation sites (tertiary alicyclic amines) is 1. The molecule has 1 aliphatic heterocycles. The van der Waals surface area contributed by atoms with E-state index in [1.54, 1.807) is 65.2 Å². The molecule has 1 heterocycles. The lowest BCUT2D eigenvalue weighted by Gasteiger charge is -2.36. The number of likely N-dealkylation sites (N-methyl/N-ethyl adjacent to an activating group) is 1. The van der Waals surface area contributed by atoms with E-state index in [0.29, 0.717) is 18.5 Å². The van der Waals surface area contributed by atoms with Crippen LogP contribution in [0.2, 0.25) is 0 Å². The van der Waals surface area contributed by atoms with Gasteiger partial charge in [-0.2, -0.15) is 0 Å². The van der Waals surface area contributed by atoms with Gasteiger partial charge in [0.1, 0.15) is 29.3 Å². The first-order chi connectivity index (χ1) is 24.4. The van der Waals surface area contributed by atoms with Gasteiger partial charge in [-0.3, -0.25) is 28.8 Å². The second kappa shape index (κ2) is 16.9. The van der Waals surface area contributed by atoms with E-state index < -0.39 is 65.4 Å². The molecular weight excluding hydrogens is 668 g/mol. The zero-order chi connectivity index (χ0) is 38.4. The maximum Gasteiger partial charge on any atom is 0.408 e. The van der Waals surface area contributed by atoms with Crippen molar-refractivity contribution >= 4 is 41.4 Å². The van der Waals surface area contributed by atoms with Gasteiger partial charge in [-0.25, -0.2) is 4.79 Å². The lowest BCUT2D eigenvalue weighted by Crippen LogP contribution is -2.60. The van der Waals surface area contributed by atoms with Gasteiger partial charge in [-0.1, -0.05) is 63.4 Å². The second-order valence-corrected chi connectivity index (χ2v) is 15.9. The Bertz CT molecular complexity index is 1500. The third-order valence-electron chi connectivity index (χ3n) is 10.2. The molecule has 52 heavy (non-hydrogen) atoms. The van der Waals surface area contributed by atoms with Crippen molar-refractivity contribution in [2.75, 3.05) is 27.2 Å². The minimum atomic E-state index is -1.46. The van der Waals surface area contributed by atoms with E-state index in [1.165, 1.54) is 9.80 Å². The summed E-state index contributed by atoms with van der Waals surface area (Å²) in [5, 5.41) is 10.6. The van der Waals surface area contributed by atoms with E-state index in [2.05, 4.69) is 21.3 Å². The van der Waals surface area contributed by atoms with Crippen molar-refractivity contribution < 1.29 is 38.3 Å². The molecule has 1 aromatic carbocycles. The van der Waals surface area contributed by atoms with Crippen molar-refractivity contribution in [3.8, 4) is 0 Å². The van der Waals surface area contributed by atoms with Crippen LogP contribution in [0.5, 0.6) is 0 Å². The van der Waals surface area contributed by atoms with Gasteiger partial charge in [0.25, 0.3) is 5.91 Å². The van der Waals surface area contributed by atoms with Gasteiger partial charge in [-0.15, -0.1) is 0 Å². The molecule has 0 spiro atoms. The molecule has 6 amide bonds. The van der Waals surface area contributed by atoms with E-state index >= 15 is 0 Å². The Labute approximate surface area is 306 Å². The van der Waals surface area contributed by atoms with Crippen LogP contribution in [-0.2, 0) is 33.5 Å². The fraction of sp³-hybridized carbons (Fsp3) is 0.658. The highest BCUT2D eigenvalue weighted by Crippen LogP contribution is 2.39. The SMILES string of the molecule is CC(C)C1CCN(C(=O)[C@@H](NC(=O)OC(C)(C)C)C2CCCCC2)[C@@H]1C(=O)NC1(C(=O)C(=O)NCC(=O)N[C@H](C(=O)N(C)C)c2ccccc2)CC1. The number of nitrogens with one attached hydrogen (secondary N) is 4. The summed E-state index contributed by atoms with van der Waals surface area (Å²) >= 11 is 0. The number of carbonyl (C=O) groups is 7. The number of hydrogen-bond acceptors (Lipinski definition) is 8. The summed E-state index contributed by atoms with van der Waals surface area (Å²) in [6, 6.07) is 5.87. The van der Waals surface area contributed by atoms with Crippen molar-refractivity contribution in [1.29, 1.82) is 0 Å². The first-order valence-corrected chi connectivity index (χ1v) is 18.4. The zero-order valence-electron chi connectivity index (χ0n) is 31.6. The van der Waals surface area contributed by atoms with Crippen molar-refractivity contribution in [2.45, 2.75) is 115 Å². The van der Waals surface area contributed by atoms with E-state index in [4.69, 9.17) is 4.74 Å². The molecule has 14 nitrogen and oxygen atoms in total. The number of ether oxygens (including phenoxy) is 1. The molecule has 2 aliphatic carbocycles. The number of alkyl carbamates (subject to hydrolysis) is 1. The Morgan fingerprint density at radius 1 is 0.923 bits per heavy atom. The lowest BCUT2D eigenvalue weighted by atomic mass is 9.83. The lowest BCUT2D eigenvalue weighted by molar-refractivity contribution is -0.145. The topological polar surface area (TPSA) is 183 Å². The quantitative estimate of drug-likeness (QED) is 0.224. The molecule has 3 fully saturated rings. The van der Waals surface area contributed by atoms with Crippen molar-refractivity contribution in [3.63, 3.8) is 0 Å². The highest BCUT2D eigenvalue weighted by atomic mass is 16.6. The third kappa shape index (κ3) is 10.1. The maximum absolute atomic E-state index is 14.3. The summed E-state index contributed by atoms with van der Waals surface area (Å²) in [5.41, 5.74) is -1.66. The number of ketones is 1. The van der Waals surface area contributed by atoms with E-state index in [9.17, 15) is 33.6 Å². The number of benzene rings is 1. The van der Waals surface area contributed by atoms with Crippen LogP contribution in [0.3, 0.4) is 0 Å². The number of nitrogens with zero attached hydrogens (tertiary/aromatic N) is 2. The van der Waals surface area contributed by atoms with Crippen LogP contribution in [0.15, 0.2) is 30.3 Å². The average molecular weight is 725 g/mol. The third-order valence-corrected chi connectivity index (χ3v) is 10.2. The van der Waals surface area contributed by atoms with Gasteiger partial charge in [0.2, 0.25) is 29.4 Å². The largest absolute Gasteiger partial charge is 0.444 e. The molecule has 0 bridgehead atoms. The molecule has 1 aromatic rings. The summed E-state index contributed by atoms with van der Waals surface area (Å²) in [4.78, 5) is 96.4. The minimum absolute atomic E-state index is 0.0206. The Hall–Kier alpha value is -4.49. The van der Waals surface area contributed by atoms with Gasteiger partial charge >= 0.3 is 6.09 Å². The number of carbonyl (C=O) groups excluding carboxylic acids is 7. The summed E-state index contributed by atoms with van der Waals surface area (Å²) in [6.07, 6.45) is 4.74. The van der Waals surface area contributed by atoms with Crippen molar-refractivity contribution in [2.24, 2.45) is 17.8 Å². The fourth-order valence-corrected chi connectivity index (χ4v) is 7.26. The van der Waals surface area contributed by atoms with Gasteiger partial charge < -0.3 is 35.8 Å². The maximum atomic E-state index is 14.3. The van der Waals surface area contributed by atoms with Crippen LogP contribution in [0.4, 0.5) is 4.79 Å². The summed E-state index contributed by atoms with van der Waals surface area (Å²) in [5.74, 6) is -4.18. The standard InChI is InChI=1S/C38H56N6O8/c1-23(2)26-18-21-44(35(50)29(25-16-12-9-13-17-25)41-36(51)52-37(3,4)5)30(26)32(47)42-38(19-20-38)31(46)33(48)39-22-27(45)40-28(34(49)43(6)7)24-14-10-8-11-15-24/h8,10-11,14-15,23,25-26,28-30H,9,12-13,16-22H2,1-7H3,(H,39,48)(H,40,45)(H,41,51)(H,42,47)/t26?,28-,29-,30-/m0/s1. The summed E-state index contributed by atoms with van der Waals surface area (Å²) in [6.45, 7) is 8.93. The predicted molar refractivity (Wildman–Crippen MR) is 192 cm³/mol. The number of hydrogen-bond donors (Lipinski definition) is 4. The first-order valence-electron chi connectivity index (χ1n) is 18.4. The molecule has 0 aromatic heterocycles. The highest BCUT2D eigenvalue weighted by molar-refractivity contribution is 6.41. The molecule has 3 aliphatic rings. The Morgan fingerprint density at radius 3 is 2.12 bits per heavy atom. The Morgan fingerprint density at radius 2 is 1.56 bits per heavy atom. The number of amides is 6. The molecule has 2 saturated carbocycles. The van der Waals surface area contributed by atoms with Gasteiger partial charge in [0.05, 0.1) is 6.54 Å². The van der Waals surface area contributed by atoms with E-state index in [1.807, 2.05) is 13.8 Å². The van der Waals surface area contributed by atoms with E-state index in [0.717, 1.165) is 32.1 Å². The van der Waals surface area contributed by atoms with Gasteiger partial charge in [0.15, 0.2) is 0 Å². The second-order valence-electron chi connectivity index (χ2n) is 15.9. The molecule has 4 rings (SSSR count). The molecule has 1 saturated heterocycles. The van der Waals surface area contributed by atoms with Crippen molar-refractivity contribution in [1.82, 2.24) is 31.1 Å². The average Bonchev–Trinajstić information content (AvgIpc) is 3.73. The number of Topliss-reactive ketones (excluding diaryl/α,β-unsaturated/α-hetero) is 1. The summed E-state index contributed by atoms with van der Waals surface area (Å²) in [7, 11) is 3.13. The van der Waals surface area contributed by atoms with E-state index in [-0.39, 0.29) is 42.4 Å². The fourth-order valence-electron chi connectivity index (χ4n) is 7.26. The molecular formula is C38H56N6O8. The Kier molecular flexibility index (Phi) is 13.1. The van der Waals surface area contributed by atoms with Crippen LogP contribution in [0, 0.1) is 17.8 Å². The molecule has 0 radical (unpaired) electrons. The highest BCUT2D eigenvalue weighted by Gasteiger charge is 2.56. The summed E-state index contributed by atoms with van der Waals surface area (Å²) < 4.78 is 5.50. The first kappa shape index (κ1) is 40.3. The van der Waals surface area contributed by atoms with Gasteiger partial charge in [0, 0.05) is 20.6 Å². The van der Waals surface area contributed by atoms with Crippen LogP contribution in [0.25, 0.3) is 0 Å². The Balaban J connectivity index is 1.44. The van der Waals surface area contributed by atoms with Crippen LogP contribution < -0.4 is 21.3 Å². The zero-order valence-corrected chi connectivity index (χ0v) is 31.6. The molecule has 286 valence electrons. The smallest absolute Gasteiger partial charge is 0.408 e. The molecule has 4 atom stereocenters. The molecule has 14 heteroatoms.